The number of amides is 2. The van der Waals surface area contributed by atoms with Gasteiger partial charge in [0, 0.05) is 128 Å². The molecule has 370 valence electrons. The van der Waals surface area contributed by atoms with E-state index in [4.69, 9.17) is 21.1 Å². The molecule has 0 radical (unpaired) electrons. The standard InChI is InChI=1S/C51H68ClN11O6/c1-51(2,67)35-9-12-43(39(28-35)40-31-58(4)49(66)46-38(40)13-14-54-46)69-37-8-6-7-33(25-37)30-62-19-17-60(18-20-62)15-16-61-21-23-63(24-22-61)50-55-29-41(52)47(57-50)56-36-10-11-42-34(26-36)27-44(48(65)59(42)5)68-32-45(64)53-3/h6-12,25-28,31,38,41,46-47,50,54-57,67H,13-24,29-30,32H2,1-5H3,(H,53,64). The quantitative estimate of drug-likeness (QED) is 0.0963. The van der Waals surface area contributed by atoms with Crippen LogP contribution >= 0.6 is 11.6 Å². The number of rotatable bonds is 15. The van der Waals surface area contributed by atoms with Gasteiger partial charge in [-0.05, 0) is 92.0 Å². The number of benzene rings is 3. The number of carbonyl (C=O) groups is 2. The van der Waals surface area contributed by atoms with Gasteiger partial charge in [-0.25, -0.2) is 0 Å². The monoisotopic (exact) mass is 966 g/mol. The lowest BCUT2D eigenvalue weighted by Gasteiger charge is -2.45. The molecule has 9 rings (SSSR count). The maximum Gasteiger partial charge on any atom is 0.293 e. The third-order valence-electron chi connectivity index (χ3n) is 14.4. The van der Waals surface area contributed by atoms with E-state index in [1.165, 1.54) is 17.2 Å². The van der Waals surface area contributed by atoms with Crippen molar-refractivity contribution in [1.82, 2.24) is 50.3 Å². The Kier molecular flexibility index (Phi) is 15.0. The zero-order chi connectivity index (χ0) is 48.4. The van der Waals surface area contributed by atoms with Crippen molar-refractivity contribution < 1.29 is 24.2 Å². The zero-order valence-corrected chi connectivity index (χ0v) is 41.2. The highest BCUT2D eigenvalue weighted by molar-refractivity contribution is 6.21. The lowest BCUT2D eigenvalue weighted by molar-refractivity contribution is -0.130. The molecule has 18 heteroatoms. The Hall–Kier alpha value is -5.08. The Morgan fingerprint density at radius 2 is 1.62 bits per heavy atom. The number of halogens is 1. The van der Waals surface area contributed by atoms with Gasteiger partial charge in [0.2, 0.25) is 5.91 Å². The van der Waals surface area contributed by atoms with Gasteiger partial charge in [0.15, 0.2) is 12.4 Å². The highest BCUT2D eigenvalue weighted by atomic mass is 35.5. The molecule has 0 spiro atoms. The predicted molar refractivity (Wildman–Crippen MR) is 269 cm³/mol. The van der Waals surface area contributed by atoms with Crippen LogP contribution in [-0.2, 0) is 28.8 Å². The van der Waals surface area contributed by atoms with Crippen molar-refractivity contribution in [3.63, 3.8) is 0 Å². The lowest BCUT2D eigenvalue weighted by Crippen LogP contribution is -2.69. The van der Waals surface area contributed by atoms with E-state index in [1.807, 2.05) is 48.7 Å². The van der Waals surface area contributed by atoms with Crippen molar-refractivity contribution >= 4 is 45.6 Å². The number of nitrogens with one attached hydrogen (secondary N) is 5. The summed E-state index contributed by atoms with van der Waals surface area (Å²) in [5, 5.41) is 28.3. The van der Waals surface area contributed by atoms with Crippen molar-refractivity contribution in [2.24, 2.45) is 13.0 Å². The van der Waals surface area contributed by atoms with Gasteiger partial charge >= 0.3 is 0 Å². The van der Waals surface area contributed by atoms with Gasteiger partial charge in [-0.3, -0.25) is 44.6 Å². The van der Waals surface area contributed by atoms with Crippen LogP contribution in [0.15, 0.2) is 77.7 Å². The Morgan fingerprint density at radius 1 is 0.884 bits per heavy atom. The molecule has 3 aromatic carbocycles. The molecule has 17 nitrogen and oxygen atoms in total. The molecule has 5 unspecified atom stereocenters. The lowest BCUT2D eigenvalue weighted by atomic mass is 9.82. The van der Waals surface area contributed by atoms with E-state index in [1.54, 1.807) is 38.9 Å². The number of carbonyl (C=O) groups excluding carboxylic acids is 2. The second kappa shape index (κ2) is 21.1. The van der Waals surface area contributed by atoms with Crippen molar-refractivity contribution in [1.29, 1.82) is 0 Å². The third kappa shape index (κ3) is 11.3. The van der Waals surface area contributed by atoms with Gasteiger partial charge in [-0.1, -0.05) is 18.2 Å². The van der Waals surface area contributed by atoms with Gasteiger partial charge in [0.25, 0.3) is 11.5 Å². The fraction of sp³-hybridized carbons (Fsp3) is 0.510. The Labute approximate surface area is 409 Å². The fourth-order valence-electron chi connectivity index (χ4n) is 10.3. The summed E-state index contributed by atoms with van der Waals surface area (Å²) in [6.45, 7) is 15.6. The Morgan fingerprint density at radius 3 is 2.36 bits per heavy atom. The minimum Gasteiger partial charge on any atom is -0.478 e. The molecule has 0 saturated carbocycles. The first-order valence-electron chi connectivity index (χ1n) is 24.3. The van der Waals surface area contributed by atoms with E-state index in [0.29, 0.717) is 12.3 Å². The van der Waals surface area contributed by atoms with Gasteiger partial charge < -0.3 is 40.0 Å². The number of ether oxygens (including phenoxy) is 2. The average Bonchev–Trinajstić information content (AvgIpc) is 3.85. The molecular weight excluding hydrogens is 898 g/mol. The number of aliphatic hydroxyl groups is 1. The molecule has 4 fully saturated rings. The summed E-state index contributed by atoms with van der Waals surface area (Å²) in [6, 6.07) is 21.5. The Balaban J connectivity index is 0.733. The predicted octanol–water partition coefficient (Wildman–Crippen LogP) is 2.73. The zero-order valence-electron chi connectivity index (χ0n) is 40.5. The van der Waals surface area contributed by atoms with Crippen LogP contribution in [0.3, 0.4) is 0 Å². The van der Waals surface area contributed by atoms with Crippen LogP contribution in [0.2, 0.25) is 0 Å². The summed E-state index contributed by atoms with van der Waals surface area (Å²) in [5.41, 5.74) is 4.23. The summed E-state index contributed by atoms with van der Waals surface area (Å²) in [7, 11) is 5.03. The molecule has 6 heterocycles. The number of pyridine rings is 1. The van der Waals surface area contributed by atoms with Crippen LogP contribution in [0.5, 0.6) is 17.2 Å². The maximum atomic E-state index is 13.0. The SMILES string of the molecule is CNC(=O)COc1cc2cc(NC3NC(N4CCN(CCN5CCN(Cc6cccc(Oc7ccc(C(C)(C)O)cc7C7=CN(C)C(=O)C8NCCC78)c6)CC5)CC4)NCC3Cl)ccc2n(C)c1=O. The summed E-state index contributed by atoms with van der Waals surface area (Å²) in [4.78, 5) is 49.4. The van der Waals surface area contributed by atoms with E-state index < -0.39 is 5.60 Å². The van der Waals surface area contributed by atoms with Crippen LogP contribution in [-0.4, -0.2) is 169 Å². The minimum atomic E-state index is -1.03. The summed E-state index contributed by atoms with van der Waals surface area (Å²) < 4.78 is 13.8. The largest absolute Gasteiger partial charge is 0.478 e. The molecule has 0 aliphatic carbocycles. The number of aryl methyl sites for hydroxylation is 1. The second-order valence-corrected chi connectivity index (χ2v) is 20.2. The molecule has 5 aliphatic rings. The van der Waals surface area contributed by atoms with E-state index >= 15 is 0 Å². The first-order chi connectivity index (χ1) is 33.2. The topological polar surface area (TPSA) is 171 Å². The number of hydrogen-bond donors (Lipinski definition) is 6. The number of hydrogen-bond acceptors (Lipinski definition) is 14. The number of fused-ring (bicyclic) bond motifs is 2. The van der Waals surface area contributed by atoms with Crippen LogP contribution in [0, 0.1) is 5.92 Å². The Bertz CT molecular complexity index is 2590. The van der Waals surface area contributed by atoms with Gasteiger partial charge in [-0.15, -0.1) is 11.6 Å². The smallest absolute Gasteiger partial charge is 0.293 e. The minimum absolute atomic E-state index is 0.0264. The van der Waals surface area contributed by atoms with Gasteiger partial charge in [0.1, 0.15) is 17.8 Å². The molecule has 2 amide bonds. The first-order valence-corrected chi connectivity index (χ1v) is 24.8. The number of likely N-dealkylation sites (N-methyl/N-ethyl adjacent to an activating group) is 2. The van der Waals surface area contributed by atoms with Crippen LogP contribution in [0.1, 0.15) is 37.0 Å². The number of nitrogens with zero attached hydrogens (tertiary/aromatic N) is 6. The summed E-state index contributed by atoms with van der Waals surface area (Å²) in [5.74, 6) is 1.40. The molecule has 4 aromatic rings. The van der Waals surface area contributed by atoms with Gasteiger partial charge in [0.05, 0.1) is 28.7 Å². The van der Waals surface area contributed by atoms with E-state index in [9.17, 15) is 19.5 Å². The van der Waals surface area contributed by atoms with Crippen molar-refractivity contribution in [2.75, 3.05) is 105 Å². The molecule has 6 N–H and O–H groups in total. The number of piperazine rings is 2. The highest BCUT2D eigenvalue weighted by Gasteiger charge is 2.41. The third-order valence-corrected chi connectivity index (χ3v) is 14.8. The van der Waals surface area contributed by atoms with E-state index in [2.05, 4.69) is 64.4 Å². The molecule has 4 saturated heterocycles. The second-order valence-electron chi connectivity index (χ2n) is 19.6. The average molecular weight is 967 g/mol. The first kappa shape index (κ1) is 48.9. The summed E-state index contributed by atoms with van der Waals surface area (Å²) >= 11 is 6.85. The molecule has 69 heavy (non-hydrogen) atoms. The van der Waals surface area contributed by atoms with Gasteiger partial charge in [-0.2, -0.15) is 0 Å². The molecule has 5 atom stereocenters. The normalized spacial score (nSPS) is 24.3. The fourth-order valence-corrected chi connectivity index (χ4v) is 10.5. The number of alkyl halides is 1. The summed E-state index contributed by atoms with van der Waals surface area (Å²) in [6.07, 6.45) is 2.58. The number of anilines is 1. The van der Waals surface area contributed by atoms with Crippen molar-refractivity contribution in [3.05, 3.63) is 100.0 Å². The van der Waals surface area contributed by atoms with Crippen LogP contribution in [0.25, 0.3) is 16.5 Å². The number of aromatic nitrogens is 1. The van der Waals surface area contributed by atoms with Crippen molar-refractivity contribution in [3.8, 4) is 17.2 Å². The van der Waals surface area contributed by atoms with Crippen LogP contribution in [0.4, 0.5) is 5.69 Å². The van der Waals surface area contributed by atoms with Crippen LogP contribution < -0.4 is 41.6 Å². The molecule has 5 aliphatic heterocycles. The molecule has 0 bridgehead atoms. The molecule has 1 aromatic heterocycles. The van der Waals surface area contributed by atoms with E-state index in [-0.39, 0.29) is 59.5 Å². The van der Waals surface area contributed by atoms with Crippen molar-refractivity contribution in [2.45, 2.75) is 56.3 Å². The maximum absolute atomic E-state index is 13.0. The molecular formula is C51H68ClN11O6. The highest BCUT2D eigenvalue weighted by Crippen LogP contribution is 2.42. The van der Waals surface area contributed by atoms with E-state index in [0.717, 1.165) is 124 Å².